The molecule has 0 radical (unpaired) electrons. The Labute approximate surface area is 107 Å². The van der Waals surface area contributed by atoms with Crippen molar-refractivity contribution in [3.63, 3.8) is 0 Å². The second-order valence-electron chi connectivity index (χ2n) is 5.18. The molecule has 18 heavy (non-hydrogen) atoms. The van der Waals surface area contributed by atoms with Crippen LogP contribution in [0.3, 0.4) is 0 Å². The predicted molar refractivity (Wildman–Crippen MR) is 69.7 cm³/mol. The molecule has 1 saturated heterocycles. The van der Waals surface area contributed by atoms with E-state index in [-0.39, 0.29) is 22.7 Å². The second-order valence-corrected chi connectivity index (χ2v) is 7.36. The third-order valence-electron chi connectivity index (χ3n) is 3.51. The van der Waals surface area contributed by atoms with Crippen LogP contribution in [0, 0.1) is 11.2 Å². The number of hydrogen-bond acceptors (Lipinski definition) is 3. The number of sulfone groups is 1. The molecule has 0 aliphatic carbocycles. The van der Waals surface area contributed by atoms with Gasteiger partial charge in [0.25, 0.3) is 0 Å². The van der Waals surface area contributed by atoms with Crippen LogP contribution in [0.1, 0.15) is 12.0 Å². The normalized spacial score (nSPS) is 26.3. The zero-order valence-electron chi connectivity index (χ0n) is 10.4. The SMILES string of the molecule is CNCC1(Cc2ccc(F)cc2)CCS(=O)(=O)C1. The van der Waals surface area contributed by atoms with Gasteiger partial charge in [-0.15, -0.1) is 0 Å². The quantitative estimate of drug-likeness (QED) is 0.900. The lowest BCUT2D eigenvalue weighted by molar-refractivity contribution is 0.321. The van der Waals surface area contributed by atoms with Crippen molar-refractivity contribution in [3.05, 3.63) is 35.6 Å². The summed E-state index contributed by atoms with van der Waals surface area (Å²) >= 11 is 0. The van der Waals surface area contributed by atoms with Gasteiger partial charge in [0, 0.05) is 12.0 Å². The molecule has 1 aromatic rings. The molecule has 0 spiro atoms. The standard InChI is InChI=1S/C13H18FNO2S/c1-15-9-13(6-7-18(16,17)10-13)8-11-2-4-12(14)5-3-11/h2-5,15H,6-10H2,1H3. The molecule has 0 aromatic heterocycles. The van der Waals surface area contributed by atoms with Crippen LogP contribution in [0.15, 0.2) is 24.3 Å². The molecule has 100 valence electrons. The zero-order valence-corrected chi connectivity index (χ0v) is 11.3. The van der Waals surface area contributed by atoms with E-state index in [0.717, 1.165) is 5.56 Å². The summed E-state index contributed by atoms with van der Waals surface area (Å²) < 4.78 is 36.2. The predicted octanol–water partition coefficient (Wildman–Crippen LogP) is 1.39. The van der Waals surface area contributed by atoms with E-state index in [0.29, 0.717) is 19.4 Å². The Morgan fingerprint density at radius 2 is 2.00 bits per heavy atom. The van der Waals surface area contributed by atoms with Crippen molar-refractivity contribution in [2.45, 2.75) is 12.8 Å². The largest absolute Gasteiger partial charge is 0.319 e. The van der Waals surface area contributed by atoms with Crippen LogP contribution in [0.4, 0.5) is 4.39 Å². The van der Waals surface area contributed by atoms with Crippen LogP contribution in [0.2, 0.25) is 0 Å². The van der Waals surface area contributed by atoms with Gasteiger partial charge in [-0.1, -0.05) is 12.1 Å². The van der Waals surface area contributed by atoms with Crippen molar-refractivity contribution in [2.75, 3.05) is 25.1 Å². The molecule has 3 nitrogen and oxygen atoms in total. The Kier molecular flexibility index (Phi) is 3.73. The van der Waals surface area contributed by atoms with E-state index in [2.05, 4.69) is 5.32 Å². The molecule has 1 aromatic carbocycles. The maximum Gasteiger partial charge on any atom is 0.150 e. The maximum atomic E-state index is 12.9. The fourth-order valence-electron chi connectivity index (χ4n) is 2.73. The highest BCUT2D eigenvalue weighted by Crippen LogP contribution is 2.35. The fourth-order valence-corrected chi connectivity index (χ4v) is 4.90. The van der Waals surface area contributed by atoms with Gasteiger partial charge in [-0.3, -0.25) is 0 Å². The van der Waals surface area contributed by atoms with Gasteiger partial charge in [-0.25, -0.2) is 12.8 Å². The molecule has 1 unspecified atom stereocenters. The Balaban J connectivity index is 2.19. The van der Waals surface area contributed by atoms with Crippen LogP contribution in [-0.4, -0.2) is 33.5 Å². The van der Waals surface area contributed by atoms with Gasteiger partial charge in [0.2, 0.25) is 0 Å². The monoisotopic (exact) mass is 271 g/mol. The molecular formula is C13H18FNO2S. The summed E-state index contributed by atoms with van der Waals surface area (Å²) in [7, 11) is -1.09. The lowest BCUT2D eigenvalue weighted by atomic mass is 9.81. The summed E-state index contributed by atoms with van der Waals surface area (Å²) in [4.78, 5) is 0. The summed E-state index contributed by atoms with van der Waals surface area (Å²) in [6.45, 7) is 0.670. The van der Waals surface area contributed by atoms with Gasteiger partial charge >= 0.3 is 0 Å². The third kappa shape index (κ3) is 3.09. The van der Waals surface area contributed by atoms with Gasteiger partial charge in [-0.2, -0.15) is 0 Å². The Bertz CT molecular complexity index is 512. The van der Waals surface area contributed by atoms with Crippen molar-refractivity contribution in [1.82, 2.24) is 5.32 Å². The van der Waals surface area contributed by atoms with E-state index in [1.54, 1.807) is 12.1 Å². The average Bonchev–Trinajstić information content (AvgIpc) is 2.59. The lowest BCUT2D eigenvalue weighted by Crippen LogP contribution is -2.35. The first-order chi connectivity index (χ1) is 8.45. The topological polar surface area (TPSA) is 46.2 Å². The third-order valence-corrected chi connectivity index (χ3v) is 5.39. The number of nitrogens with one attached hydrogen (secondary N) is 1. The van der Waals surface area contributed by atoms with Gasteiger partial charge in [0.15, 0.2) is 9.84 Å². The van der Waals surface area contributed by atoms with Crippen LogP contribution in [0.25, 0.3) is 0 Å². The number of halogens is 1. The summed E-state index contributed by atoms with van der Waals surface area (Å²) in [6.07, 6.45) is 1.35. The Hall–Kier alpha value is -0.940. The first kappa shape index (κ1) is 13.5. The zero-order chi connectivity index (χ0) is 13.2. The van der Waals surface area contributed by atoms with Crippen LogP contribution < -0.4 is 5.32 Å². The molecular weight excluding hydrogens is 253 g/mol. The molecule has 1 fully saturated rings. The summed E-state index contributed by atoms with van der Waals surface area (Å²) in [5.74, 6) is 0.217. The molecule has 1 aliphatic rings. The Morgan fingerprint density at radius 3 is 2.50 bits per heavy atom. The van der Waals surface area contributed by atoms with E-state index < -0.39 is 9.84 Å². The van der Waals surface area contributed by atoms with Gasteiger partial charge in [-0.05, 0) is 37.6 Å². The molecule has 0 amide bonds. The van der Waals surface area contributed by atoms with Crippen LogP contribution in [-0.2, 0) is 16.3 Å². The van der Waals surface area contributed by atoms with E-state index in [4.69, 9.17) is 0 Å². The minimum atomic E-state index is -2.92. The summed E-state index contributed by atoms with van der Waals surface area (Å²) in [5.41, 5.74) is 0.745. The minimum Gasteiger partial charge on any atom is -0.319 e. The van der Waals surface area contributed by atoms with Crippen LogP contribution in [0.5, 0.6) is 0 Å². The molecule has 0 bridgehead atoms. The van der Waals surface area contributed by atoms with Gasteiger partial charge in [0.05, 0.1) is 11.5 Å². The second kappa shape index (κ2) is 4.97. The molecule has 2 rings (SSSR count). The van der Waals surface area contributed by atoms with Gasteiger partial charge < -0.3 is 5.32 Å². The van der Waals surface area contributed by atoms with Crippen molar-refractivity contribution in [3.8, 4) is 0 Å². The smallest absolute Gasteiger partial charge is 0.150 e. The van der Waals surface area contributed by atoms with Gasteiger partial charge in [0.1, 0.15) is 5.82 Å². The van der Waals surface area contributed by atoms with E-state index in [1.165, 1.54) is 12.1 Å². The highest BCUT2D eigenvalue weighted by molar-refractivity contribution is 7.91. The molecule has 5 heteroatoms. The highest BCUT2D eigenvalue weighted by atomic mass is 32.2. The first-order valence-corrected chi connectivity index (χ1v) is 7.86. The van der Waals surface area contributed by atoms with E-state index in [1.807, 2.05) is 7.05 Å². The maximum absolute atomic E-state index is 12.9. The summed E-state index contributed by atoms with van der Waals surface area (Å²) in [6, 6.07) is 6.31. The van der Waals surface area contributed by atoms with E-state index >= 15 is 0 Å². The highest BCUT2D eigenvalue weighted by Gasteiger charge is 2.41. The van der Waals surface area contributed by atoms with Crippen molar-refractivity contribution in [1.29, 1.82) is 0 Å². The van der Waals surface area contributed by atoms with Crippen molar-refractivity contribution >= 4 is 9.84 Å². The van der Waals surface area contributed by atoms with Crippen LogP contribution >= 0.6 is 0 Å². The fraction of sp³-hybridized carbons (Fsp3) is 0.538. The average molecular weight is 271 g/mol. The summed E-state index contributed by atoms with van der Waals surface area (Å²) in [5, 5.41) is 3.08. The number of rotatable bonds is 4. The Morgan fingerprint density at radius 1 is 1.33 bits per heavy atom. The number of hydrogen-bond donors (Lipinski definition) is 1. The van der Waals surface area contributed by atoms with E-state index in [9.17, 15) is 12.8 Å². The molecule has 1 aliphatic heterocycles. The van der Waals surface area contributed by atoms with Crippen molar-refractivity contribution in [2.24, 2.45) is 5.41 Å². The molecule has 1 atom stereocenters. The molecule has 1 heterocycles. The molecule has 1 N–H and O–H groups in total. The first-order valence-electron chi connectivity index (χ1n) is 6.04. The van der Waals surface area contributed by atoms with Crippen molar-refractivity contribution < 1.29 is 12.8 Å². The number of benzene rings is 1. The molecule has 0 saturated carbocycles. The lowest BCUT2D eigenvalue weighted by Gasteiger charge is -2.27. The minimum absolute atomic E-state index is 0.220.